The van der Waals surface area contributed by atoms with Crippen molar-refractivity contribution in [1.29, 1.82) is 0 Å². The number of hydrogen-bond donors (Lipinski definition) is 0. The van der Waals surface area contributed by atoms with E-state index in [1.54, 1.807) is 0 Å². The maximum Gasteiger partial charge on any atom is 0.162 e. The molecule has 0 saturated carbocycles. The summed E-state index contributed by atoms with van der Waals surface area (Å²) in [5.41, 5.74) is 9.84. The SMILES string of the molecule is c1ccc(-c2ccc(-c3nc(-c4ccccc4)cc(-n4c5ccccc5c5ccc(-c6ccc7ccccc7c6)cc54)n3)cc2)cc1. The van der Waals surface area contributed by atoms with Crippen molar-refractivity contribution >= 4 is 32.6 Å². The molecule has 220 valence electrons. The van der Waals surface area contributed by atoms with Crippen LogP contribution < -0.4 is 0 Å². The number of nitrogens with zero attached hydrogens (tertiary/aromatic N) is 3. The monoisotopic (exact) mass is 599 g/mol. The molecule has 0 aliphatic carbocycles. The molecule has 47 heavy (non-hydrogen) atoms. The largest absolute Gasteiger partial charge is 0.294 e. The molecule has 3 heteroatoms. The predicted octanol–water partition coefficient (Wildman–Crippen LogP) is 11.4. The molecule has 0 saturated heterocycles. The van der Waals surface area contributed by atoms with E-state index in [4.69, 9.17) is 9.97 Å². The van der Waals surface area contributed by atoms with Crippen molar-refractivity contribution in [3.63, 3.8) is 0 Å². The molecule has 0 atom stereocenters. The van der Waals surface area contributed by atoms with E-state index in [1.807, 2.05) is 12.1 Å². The van der Waals surface area contributed by atoms with Gasteiger partial charge in [0.15, 0.2) is 5.82 Å². The maximum atomic E-state index is 5.27. The second kappa shape index (κ2) is 11.2. The molecule has 0 unspecified atom stereocenters. The molecule has 0 bridgehead atoms. The van der Waals surface area contributed by atoms with Crippen LogP contribution in [-0.2, 0) is 0 Å². The summed E-state index contributed by atoms with van der Waals surface area (Å²) in [4.78, 5) is 10.4. The van der Waals surface area contributed by atoms with Crippen LogP contribution in [0.25, 0.3) is 83.3 Å². The number of para-hydroxylation sites is 1. The second-order valence-corrected chi connectivity index (χ2v) is 11.9. The van der Waals surface area contributed by atoms with Crippen molar-refractivity contribution in [3.05, 3.63) is 176 Å². The summed E-state index contributed by atoms with van der Waals surface area (Å²) in [6.45, 7) is 0. The first-order chi connectivity index (χ1) is 23.3. The first-order valence-corrected chi connectivity index (χ1v) is 15.9. The molecule has 0 fully saturated rings. The summed E-state index contributed by atoms with van der Waals surface area (Å²) < 4.78 is 2.30. The predicted molar refractivity (Wildman–Crippen MR) is 196 cm³/mol. The van der Waals surface area contributed by atoms with Crippen LogP contribution in [0, 0.1) is 0 Å². The van der Waals surface area contributed by atoms with Crippen LogP contribution >= 0.6 is 0 Å². The standard InChI is InChI=1S/C44H29N3/c1-3-11-30(12-4-1)32-19-22-34(23-20-32)44-45-40(33-14-5-2-6-15-33)29-43(46-44)47-41-18-10-9-17-38(41)39-26-25-37(28-42(39)47)36-24-21-31-13-7-8-16-35(31)27-36/h1-29H. The van der Waals surface area contributed by atoms with Crippen molar-refractivity contribution in [2.45, 2.75) is 0 Å². The zero-order valence-corrected chi connectivity index (χ0v) is 25.6. The minimum atomic E-state index is 0.692. The van der Waals surface area contributed by atoms with E-state index in [1.165, 1.54) is 38.2 Å². The fourth-order valence-electron chi connectivity index (χ4n) is 6.64. The quantitative estimate of drug-likeness (QED) is 0.197. The number of aromatic nitrogens is 3. The Morgan fingerprint density at radius 3 is 1.72 bits per heavy atom. The first kappa shape index (κ1) is 27.0. The van der Waals surface area contributed by atoms with E-state index in [0.717, 1.165) is 39.2 Å². The van der Waals surface area contributed by atoms with Crippen LogP contribution in [0.1, 0.15) is 0 Å². The van der Waals surface area contributed by atoms with Gasteiger partial charge in [-0.25, -0.2) is 9.97 Å². The molecule has 9 rings (SSSR count). The first-order valence-electron chi connectivity index (χ1n) is 15.9. The fourth-order valence-corrected chi connectivity index (χ4v) is 6.64. The van der Waals surface area contributed by atoms with E-state index in [2.05, 4.69) is 168 Å². The van der Waals surface area contributed by atoms with E-state index in [-0.39, 0.29) is 0 Å². The van der Waals surface area contributed by atoms with Gasteiger partial charge in [-0.15, -0.1) is 0 Å². The van der Waals surface area contributed by atoms with E-state index in [0.29, 0.717) is 5.82 Å². The molecule has 2 aromatic heterocycles. The van der Waals surface area contributed by atoms with Gasteiger partial charge in [0.05, 0.1) is 16.7 Å². The van der Waals surface area contributed by atoms with Gasteiger partial charge < -0.3 is 0 Å². The van der Waals surface area contributed by atoms with Crippen LogP contribution in [-0.4, -0.2) is 14.5 Å². The summed E-state index contributed by atoms with van der Waals surface area (Å²) in [5, 5.41) is 4.86. The van der Waals surface area contributed by atoms with Crippen molar-refractivity contribution in [3.8, 4) is 50.7 Å². The molecule has 0 amide bonds. The van der Waals surface area contributed by atoms with Gasteiger partial charge in [0.2, 0.25) is 0 Å². The van der Waals surface area contributed by atoms with Crippen LogP contribution in [0.3, 0.4) is 0 Å². The Bertz CT molecular complexity index is 2550. The molecular formula is C44H29N3. The van der Waals surface area contributed by atoms with Crippen LogP contribution in [0.2, 0.25) is 0 Å². The zero-order chi connectivity index (χ0) is 31.2. The molecule has 0 spiro atoms. The Morgan fingerprint density at radius 1 is 0.340 bits per heavy atom. The Hall–Kier alpha value is -6.32. The highest BCUT2D eigenvalue weighted by Crippen LogP contribution is 2.36. The molecule has 2 heterocycles. The Balaban J connectivity index is 1.26. The van der Waals surface area contributed by atoms with Crippen LogP contribution in [0.5, 0.6) is 0 Å². The van der Waals surface area contributed by atoms with Crippen molar-refractivity contribution in [1.82, 2.24) is 14.5 Å². The van der Waals surface area contributed by atoms with Gasteiger partial charge in [0.25, 0.3) is 0 Å². The summed E-state index contributed by atoms with van der Waals surface area (Å²) in [7, 11) is 0. The van der Waals surface area contributed by atoms with E-state index >= 15 is 0 Å². The number of benzene rings is 7. The molecule has 0 radical (unpaired) electrons. The van der Waals surface area contributed by atoms with Gasteiger partial charge in [-0.2, -0.15) is 0 Å². The normalized spacial score (nSPS) is 11.4. The molecule has 0 aliphatic rings. The zero-order valence-electron chi connectivity index (χ0n) is 25.6. The highest BCUT2D eigenvalue weighted by molar-refractivity contribution is 6.10. The van der Waals surface area contributed by atoms with Crippen molar-refractivity contribution in [2.24, 2.45) is 0 Å². The average molecular weight is 600 g/mol. The van der Waals surface area contributed by atoms with Gasteiger partial charge in [0, 0.05) is 28.0 Å². The third-order valence-corrected chi connectivity index (χ3v) is 9.02. The molecule has 0 N–H and O–H groups in total. The lowest BCUT2D eigenvalue weighted by molar-refractivity contribution is 1.05. The van der Waals surface area contributed by atoms with Gasteiger partial charge in [-0.05, 0) is 51.2 Å². The van der Waals surface area contributed by atoms with Gasteiger partial charge in [0.1, 0.15) is 5.82 Å². The minimum Gasteiger partial charge on any atom is -0.294 e. The molecular weight excluding hydrogens is 571 g/mol. The Morgan fingerprint density at radius 2 is 0.915 bits per heavy atom. The molecule has 7 aromatic carbocycles. The second-order valence-electron chi connectivity index (χ2n) is 11.9. The Labute approximate surface area is 273 Å². The Kier molecular flexibility index (Phi) is 6.46. The number of fused-ring (bicyclic) bond motifs is 4. The average Bonchev–Trinajstić information content (AvgIpc) is 3.49. The molecule has 9 aromatic rings. The van der Waals surface area contributed by atoms with Crippen LogP contribution in [0.15, 0.2) is 176 Å². The lowest BCUT2D eigenvalue weighted by atomic mass is 10.00. The number of rotatable bonds is 5. The fraction of sp³-hybridized carbons (Fsp3) is 0. The lowest BCUT2D eigenvalue weighted by Gasteiger charge is -2.13. The molecule has 0 aliphatic heterocycles. The van der Waals surface area contributed by atoms with Crippen molar-refractivity contribution in [2.75, 3.05) is 0 Å². The minimum absolute atomic E-state index is 0.692. The molecule has 3 nitrogen and oxygen atoms in total. The van der Waals surface area contributed by atoms with E-state index < -0.39 is 0 Å². The summed E-state index contributed by atoms with van der Waals surface area (Å²) in [5.74, 6) is 1.53. The van der Waals surface area contributed by atoms with Gasteiger partial charge in [-0.3, -0.25) is 4.57 Å². The highest BCUT2D eigenvalue weighted by atomic mass is 15.1. The number of hydrogen-bond acceptors (Lipinski definition) is 2. The highest BCUT2D eigenvalue weighted by Gasteiger charge is 2.17. The summed E-state index contributed by atoms with van der Waals surface area (Å²) >= 11 is 0. The van der Waals surface area contributed by atoms with Crippen LogP contribution in [0.4, 0.5) is 0 Å². The van der Waals surface area contributed by atoms with E-state index in [9.17, 15) is 0 Å². The van der Waals surface area contributed by atoms with Crippen molar-refractivity contribution < 1.29 is 0 Å². The maximum absolute atomic E-state index is 5.27. The van der Waals surface area contributed by atoms with Gasteiger partial charge in [-0.1, -0.05) is 152 Å². The third-order valence-electron chi connectivity index (χ3n) is 9.02. The summed E-state index contributed by atoms with van der Waals surface area (Å²) in [6, 6.07) is 62.1. The third kappa shape index (κ3) is 4.86. The van der Waals surface area contributed by atoms with Gasteiger partial charge >= 0.3 is 0 Å². The lowest BCUT2D eigenvalue weighted by Crippen LogP contribution is -2.02. The summed E-state index contributed by atoms with van der Waals surface area (Å²) in [6.07, 6.45) is 0. The smallest absolute Gasteiger partial charge is 0.162 e. The topological polar surface area (TPSA) is 30.7 Å².